The van der Waals surface area contributed by atoms with Crippen LogP contribution in [-0.2, 0) is 9.84 Å². The van der Waals surface area contributed by atoms with Crippen LogP contribution in [0, 0.1) is 0 Å². The van der Waals surface area contributed by atoms with Gasteiger partial charge in [-0.05, 0) is 42.5 Å². The Morgan fingerprint density at radius 2 is 1.46 bits per heavy atom. The normalized spacial score (nSPS) is 14.0. The number of para-hydroxylation sites is 2. The van der Waals surface area contributed by atoms with Gasteiger partial charge in [-0.3, -0.25) is 4.79 Å². The molecule has 1 heterocycles. The molecule has 0 amide bonds. The summed E-state index contributed by atoms with van der Waals surface area (Å²) >= 11 is 0. The molecule has 0 saturated heterocycles. The Morgan fingerprint density at radius 3 is 2.21 bits per heavy atom. The molecule has 28 heavy (non-hydrogen) atoms. The van der Waals surface area contributed by atoms with E-state index in [1.807, 2.05) is 0 Å². The fourth-order valence-corrected chi connectivity index (χ4v) is 4.75. The lowest BCUT2D eigenvalue weighted by Gasteiger charge is -2.19. The van der Waals surface area contributed by atoms with E-state index in [1.165, 1.54) is 37.4 Å². The summed E-state index contributed by atoms with van der Waals surface area (Å²) in [5.74, 6) is -0.582. The predicted molar refractivity (Wildman–Crippen MR) is 99.7 cm³/mol. The summed E-state index contributed by atoms with van der Waals surface area (Å²) in [5.41, 5.74) is 0.173. The maximum absolute atomic E-state index is 13.0. The monoisotopic (exact) mass is 394 g/mol. The smallest absolute Gasteiger partial charge is 0.343 e. The highest BCUT2D eigenvalue weighted by molar-refractivity contribution is 7.91. The van der Waals surface area contributed by atoms with E-state index >= 15 is 0 Å². The molecule has 140 valence electrons. The van der Waals surface area contributed by atoms with E-state index in [1.54, 1.807) is 36.4 Å². The molecule has 0 fully saturated rings. The van der Waals surface area contributed by atoms with Crippen molar-refractivity contribution >= 4 is 21.6 Å². The van der Waals surface area contributed by atoms with Crippen molar-refractivity contribution in [3.8, 4) is 11.5 Å². The first-order chi connectivity index (χ1) is 13.4. The molecule has 6 nitrogen and oxygen atoms in total. The van der Waals surface area contributed by atoms with Gasteiger partial charge >= 0.3 is 5.97 Å². The number of carbonyl (C=O) groups is 2. The SMILES string of the molecule is COc1ccccc1OC(=O)c1ccc2c(c1)S(=O)(=O)c1ccccc1C2=O. The molecule has 4 rings (SSSR count). The van der Waals surface area contributed by atoms with Gasteiger partial charge in [-0.1, -0.05) is 24.3 Å². The number of benzene rings is 3. The Labute approximate surface area is 161 Å². The standard InChI is InChI=1S/C21H14O6S/c1-26-16-7-3-4-8-17(16)27-21(23)13-10-11-15-19(12-13)28(24,25)18-9-5-2-6-14(18)20(15)22/h2-12H,1H3. The summed E-state index contributed by atoms with van der Waals surface area (Å²) in [6.07, 6.45) is 0. The van der Waals surface area contributed by atoms with Crippen molar-refractivity contribution in [2.75, 3.05) is 7.11 Å². The number of methoxy groups -OCH3 is 1. The van der Waals surface area contributed by atoms with Crippen LogP contribution >= 0.6 is 0 Å². The summed E-state index contributed by atoms with van der Waals surface area (Å²) < 4.78 is 36.4. The Hall–Kier alpha value is -3.45. The number of sulfone groups is 1. The van der Waals surface area contributed by atoms with Gasteiger partial charge in [0, 0.05) is 11.1 Å². The van der Waals surface area contributed by atoms with Crippen LogP contribution in [0.4, 0.5) is 0 Å². The fraction of sp³-hybridized carbons (Fsp3) is 0.0476. The van der Waals surface area contributed by atoms with Crippen molar-refractivity contribution in [3.05, 3.63) is 83.4 Å². The predicted octanol–water partition coefficient (Wildman–Crippen LogP) is 3.29. The third-order valence-corrected chi connectivity index (χ3v) is 6.30. The van der Waals surface area contributed by atoms with Crippen LogP contribution in [0.25, 0.3) is 0 Å². The van der Waals surface area contributed by atoms with Crippen molar-refractivity contribution in [1.29, 1.82) is 0 Å². The molecule has 0 aliphatic carbocycles. The van der Waals surface area contributed by atoms with Gasteiger partial charge in [0.1, 0.15) is 0 Å². The third-order valence-electron chi connectivity index (χ3n) is 4.44. The quantitative estimate of drug-likeness (QED) is 0.391. The van der Waals surface area contributed by atoms with Gasteiger partial charge in [-0.25, -0.2) is 13.2 Å². The van der Waals surface area contributed by atoms with Crippen molar-refractivity contribution < 1.29 is 27.5 Å². The lowest BCUT2D eigenvalue weighted by Crippen LogP contribution is -2.21. The van der Waals surface area contributed by atoms with Crippen LogP contribution in [-0.4, -0.2) is 27.3 Å². The molecular weight excluding hydrogens is 380 g/mol. The first kappa shape index (κ1) is 17.9. The fourth-order valence-electron chi connectivity index (χ4n) is 3.07. The van der Waals surface area contributed by atoms with Crippen molar-refractivity contribution in [2.45, 2.75) is 9.79 Å². The van der Waals surface area contributed by atoms with Crippen molar-refractivity contribution in [3.63, 3.8) is 0 Å². The van der Waals surface area contributed by atoms with Crippen molar-refractivity contribution in [2.24, 2.45) is 0 Å². The van der Waals surface area contributed by atoms with Crippen molar-refractivity contribution in [1.82, 2.24) is 0 Å². The molecule has 7 heteroatoms. The topological polar surface area (TPSA) is 86.7 Å². The van der Waals surface area contributed by atoms with E-state index in [0.717, 1.165) is 0 Å². The number of rotatable bonds is 3. The van der Waals surface area contributed by atoms with E-state index in [0.29, 0.717) is 5.75 Å². The molecule has 3 aromatic carbocycles. The summed E-state index contributed by atoms with van der Waals surface area (Å²) in [7, 11) is -2.48. The first-order valence-corrected chi connectivity index (χ1v) is 9.80. The van der Waals surface area contributed by atoms with Gasteiger partial charge in [0.05, 0.1) is 22.5 Å². The minimum absolute atomic E-state index is 0.0143. The van der Waals surface area contributed by atoms with Crippen LogP contribution in [0.3, 0.4) is 0 Å². The molecular formula is C21H14O6S. The highest BCUT2D eigenvalue weighted by atomic mass is 32.2. The van der Waals surface area contributed by atoms with E-state index in [-0.39, 0.29) is 32.2 Å². The Bertz CT molecular complexity index is 1230. The van der Waals surface area contributed by atoms with E-state index in [9.17, 15) is 18.0 Å². The zero-order valence-corrected chi connectivity index (χ0v) is 15.5. The largest absolute Gasteiger partial charge is 0.493 e. The molecule has 0 spiro atoms. The second kappa shape index (κ2) is 6.61. The number of ether oxygens (including phenoxy) is 2. The minimum Gasteiger partial charge on any atom is -0.493 e. The van der Waals surface area contributed by atoms with Gasteiger partial charge in [-0.2, -0.15) is 0 Å². The van der Waals surface area contributed by atoms with E-state index in [4.69, 9.17) is 9.47 Å². The van der Waals surface area contributed by atoms with Crippen LogP contribution in [0.1, 0.15) is 26.3 Å². The molecule has 0 bridgehead atoms. The summed E-state index contributed by atoms with van der Waals surface area (Å²) in [5, 5.41) is 0. The Morgan fingerprint density at radius 1 is 0.821 bits per heavy atom. The molecule has 0 N–H and O–H groups in total. The highest BCUT2D eigenvalue weighted by Crippen LogP contribution is 2.35. The van der Waals surface area contributed by atoms with Gasteiger partial charge in [0.2, 0.25) is 9.84 Å². The number of carbonyl (C=O) groups excluding carboxylic acids is 2. The first-order valence-electron chi connectivity index (χ1n) is 8.31. The number of ketones is 1. The minimum atomic E-state index is -3.93. The maximum atomic E-state index is 13.0. The molecule has 0 saturated carbocycles. The Kier molecular flexibility index (Phi) is 4.24. The summed E-state index contributed by atoms with van der Waals surface area (Å²) in [4.78, 5) is 24.9. The zero-order valence-electron chi connectivity index (χ0n) is 14.7. The average molecular weight is 394 g/mol. The second-order valence-corrected chi connectivity index (χ2v) is 7.97. The zero-order chi connectivity index (χ0) is 19.9. The lowest BCUT2D eigenvalue weighted by molar-refractivity contribution is 0.0729. The van der Waals surface area contributed by atoms with Gasteiger partial charge < -0.3 is 9.47 Å². The molecule has 1 aliphatic heterocycles. The van der Waals surface area contributed by atoms with Crippen LogP contribution in [0.5, 0.6) is 11.5 Å². The molecule has 0 aromatic heterocycles. The summed E-state index contributed by atoms with van der Waals surface area (Å²) in [6.45, 7) is 0. The highest BCUT2D eigenvalue weighted by Gasteiger charge is 2.35. The van der Waals surface area contributed by atoms with Gasteiger partial charge in [0.15, 0.2) is 17.3 Å². The van der Waals surface area contributed by atoms with Crippen LogP contribution in [0.2, 0.25) is 0 Å². The van der Waals surface area contributed by atoms with E-state index < -0.39 is 21.6 Å². The molecule has 0 unspecified atom stereocenters. The average Bonchev–Trinajstić information content (AvgIpc) is 2.72. The molecule has 0 radical (unpaired) electrons. The van der Waals surface area contributed by atoms with Crippen LogP contribution < -0.4 is 9.47 Å². The van der Waals surface area contributed by atoms with Gasteiger partial charge in [-0.15, -0.1) is 0 Å². The second-order valence-electron chi connectivity index (χ2n) is 6.08. The number of hydrogen-bond acceptors (Lipinski definition) is 6. The van der Waals surface area contributed by atoms with Crippen LogP contribution in [0.15, 0.2) is 76.5 Å². The lowest BCUT2D eigenvalue weighted by atomic mass is 10.0. The maximum Gasteiger partial charge on any atom is 0.343 e. The Balaban J connectivity index is 1.76. The number of fused-ring (bicyclic) bond motifs is 2. The number of esters is 1. The molecule has 1 aliphatic rings. The van der Waals surface area contributed by atoms with E-state index in [2.05, 4.69) is 0 Å². The summed E-state index contributed by atoms with van der Waals surface area (Å²) in [6, 6.07) is 16.5. The third kappa shape index (κ3) is 2.76. The number of hydrogen-bond donors (Lipinski definition) is 0. The molecule has 3 aromatic rings. The van der Waals surface area contributed by atoms with Gasteiger partial charge in [0.25, 0.3) is 0 Å². The molecule has 0 atom stereocenters.